The molecule has 1 N–H and O–H groups in total. The minimum atomic E-state index is -0.495. The molecule has 0 aromatic heterocycles. The molecule has 2 bridgehead atoms. The summed E-state index contributed by atoms with van der Waals surface area (Å²) in [6, 6.07) is 4.65. The number of halogens is 2. The zero-order valence-electron chi connectivity index (χ0n) is 10.4. The molecular weight excluding hydrogens is 313 g/mol. The molecule has 3 nitrogen and oxygen atoms in total. The van der Waals surface area contributed by atoms with E-state index in [1.807, 2.05) is 0 Å². The van der Waals surface area contributed by atoms with Gasteiger partial charge in [-0.1, -0.05) is 6.07 Å². The normalized spacial score (nSPS) is 29.6. The van der Waals surface area contributed by atoms with Crippen LogP contribution < -0.4 is 0 Å². The van der Waals surface area contributed by atoms with E-state index in [0.29, 0.717) is 17.3 Å². The highest BCUT2D eigenvalue weighted by Gasteiger charge is 2.43. The van der Waals surface area contributed by atoms with Crippen molar-refractivity contribution in [1.82, 2.24) is 4.90 Å². The zero-order chi connectivity index (χ0) is 13.6. The fourth-order valence-electron chi connectivity index (χ4n) is 3.31. The van der Waals surface area contributed by atoms with Crippen LogP contribution in [-0.2, 0) is 0 Å². The second-order valence-electron chi connectivity index (χ2n) is 5.32. The lowest BCUT2D eigenvalue weighted by atomic mass is 9.98. The third-order valence-electron chi connectivity index (χ3n) is 4.12. The van der Waals surface area contributed by atoms with Crippen molar-refractivity contribution in [3.05, 3.63) is 34.1 Å². The third-order valence-corrected chi connectivity index (χ3v) is 4.78. The van der Waals surface area contributed by atoms with E-state index >= 15 is 0 Å². The molecule has 2 fully saturated rings. The van der Waals surface area contributed by atoms with Gasteiger partial charge in [-0.3, -0.25) is 4.79 Å². The van der Waals surface area contributed by atoms with Crippen LogP contribution in [0.4, 0.5) is 4.39 Å². The average Bonchev–Trinajstić information content (AvgIpc) is 2.61. The van der Waals surface area contributed by atoms with E-state index in [0.717, 1.165) is 12.8 Å². The van der Waals surface area contributed by atoms with Crippen LogP contribution in [0.15, 0.2) is 22.7 Å². The van der Waals surface area contributed by atoms with Crippen LogP contribution in [0.25, 0.3) is 0 Å². The Bertz CT molecular complexity index is 488. The molecule has 2 aliphatic heterocycles. The second kappa shape index (κ2) is 4.87. The van der Waals surface area contributed by atoms with Crippen molar-refractivity contribution >= 4 is 21.8 Å². The first-order valence-electron chi connectivity index (χ1n) is 6.52. The molecule has 0 saturated carbocycles. The fourth-order valence-corrected chi connectivity index (χ4v) is 3.82. The topological polar surface area (TPSA) is 40.5 Å². The molecule has 1 aromatic carbocycles. The van der Waals surface area contributed by atoms with E-state index in [1.165, 1.54) is 6.07 Å². The van der Waals surface area contributed by atoms with Gasteiger partial charge in [0, 0.05) is 16.6 Å². The molecule has 5 heteroatoms. The largest absolute Gasteiger partial charge is 0.393 e. The van der Waals surface area contributed by atoms with Crippen LogP contribution in [0.2, 0.25) is 0 Å². The monoisotopic (exact) mass is 327 g/mol. The Morgan fingerprint density at radius 1 is 1.32 bits per heavy atom. The average molecular weight is 328 g/mol. The number of benzene rings is 1. The Morgan fingerprint density at radius 3 is 2.53 bits per heavy atom. The molecule has 1 aromatic rings. The molecule has 2 saturated heterocycles. The van der Waals surface area contributed by atoms with E-state index in [-0.39, 0.29) is 29.7 Å². The number of nitrogens with zero attached hydrogens (tertiary/aromatic N) is 1. The summed E-state index contributed by atoms with van der Waals surface area (Å²) < 4.78 is 14.4. The van der Waals surface area contributed by atoms with E-state index in [4.69, 9.17) is 0 Å². The van der Waals surface area contributed by atoms with Gasteiger partial charge in [0.25, 0.3) is 5.91 Å². The molecule has 2 heterocycles. The van der Waals surface area contributed by atoms with Crippen molar-refractivity contribution in [3.63, 3.8) is 0 Å². The van der Waals surface area contributed by atoms with Crippen molar-refractivity contribution in [2.45, 2.75) is 43.9 Å². The molecule has 2 unspecified atom stereocenters. The third kappa shape index (κ3) is 2.19. The van der Waals surface area contributed by atoms with Crippen molar-refractivity contribution in [3.8, 4) is 0 Å². The van der Waals surface area contributed by atoms with Gasteiger partial charge in [-0.2, -0.15) is 0 Å². The van der Waals surface area contributed by atoms with Gasteiger partial charge in [0.05, 0.1) is 11.7 Å². The molecule has 102 valence electrons. The highest BCUT2D eigenvalue weighted by molar-refractivity contribution is 9.10. The summed E-state index contributed by atoms with van der Waals surface area (Å²) in [5, 5.41) is 9.75. The Kier molecular flexibility index (Phi) is 3.35. The number of aliphatic hydroxyl groups is 1. The number of piperidine rings is 1. The summed E-state index contributed by atoms with van der Waals surface area (Å²) in [6.45, 7) is 0. The van der Waals surface area contributed by atoms with Gasteiger partial charge in [0.1, 0.15) is 5.82 Å². The summed E-state index contributed by atoms with van der Waals surface area (Å²) >= 11 is 3.25. The summed E-state index contributed by atoms with van der Waals surface area (Å²) in [6.07, 6.45) is 2.69. The molecular formula is C14H15BrFNO2. The van der Waals surface area contributed by atoms with Gasteiger partial charge in [0.2, 0.25) is 0 Å². The minimum Gasteiger partial charge on any atom is -0.393 e. The van der Waals surface area contributed by atoms with Crippen molar-refractivity contribution in [2.24, 2.45) is 0 Å². The standard InChI is InChI=1S/C14H15BrFNO2/c15-11-2-1-3-12(16)13(11)14(19)17-8-4-5-9(17)7-10(18)6-8/h1-3,8-10,18H,4-7H2. The maximum absolute atomic E-state index is 13.9. The van der Waals surface area contributed by atoms with Gasteiger partial charge in [-0.15, -0.1) is 0 Å². The van der Waals surface area contributed by atoms with E-state index in [1.54, 1.807) is 17.0 Å². The zero-order valence-corrected chi connectivity index (χ0v) is 11.9. The number of amides is 1. The van der Waals surface area contributed by atoms with Gasteiger partial charge < -0.3 is 10.0 Å². The predicted molar refractivity (Wildman–Crippen MR) is 72.3 cm³/mol. The van der Waals surface area contributed by atoms with Crippen molar-refractivity contribution in [2.75, 3.05) is 0 Å². The fraction of sp³-hybridized carbons (Fsp3) is 0.500. The maximum atomic E-state index is 13.9. The summed E-state index contributed by atoms with van der Waals surface area (Å²) in [5.74, 6) is -0.755. The number of hydrogen-bond acceptors (Lipinski definition) is 2. The Labute approximate surface area is 119 Å². The molecule has 1 amide bonds. The van der Waals surface area contributed by atoms with Crippen LogP contribution in [-0.4, -0.2) is 34.1 Å². The maximum Gasteiger partial charge on any atom is 0.258 e. The van der Waals surface area contributed by atoms with Crippen molar-refractivity contribution < 1.29 is 14.3 Å². The number of carbonyl (C=O) groups is 1. The van der Waals surface area contributed by atoms with Crippen LogP contribution >= 0.6 is 15.9 Å². The first kappa shape index (κ1) is 13.1. The molecule has 3 rings (SSSR count). The van der Waals surface area contributed by atoms with Crippen LogP contribution in [0.5, 0.6) is 0 Å². The Balaban J connectivity index is 1.93. The Morgan fingerprint density at radius 2 is 1.95 bits per heavy atom. The van der Waals surface area contributed by atoms with Crippen LogP contribution in [0.3, 0.4) is 0 Å². The van der Waals surface area contributed by atoms with Crippen LogP contribution in [0.1, 0.15) is 36.0 Å². The number of carbonyl (C=O) groups excluding carboxylic acids is 1. The molecule has 0 radical (unpaired) electrons. The highest BCUT2D eigenvalue weighted by atomic mass is 79.9. The molecule has 2 aliphatic rings. The molecule has 0 aliphatic carbocycles. The van der Waals surface area contributed by atoms with Gasteiger partial charge in [0.15, 0.2) is 0 Å². The van der Waals surface area contributed by atoms with Gasteiger partial charge in [-0.05, 0) is 53.7 Å². The first-order chi connectivity index (χ1) is 9.08. The van der Waals surface area contributed by atoms with Crippen LogP contribution in [0, 0.1) is 5.82 Å². The highest BCUT2D eigenvalue weighted by Crippen LogP contribution is 2.37. The number of aliphatic hydroxyl groups excluding tert-OH is 1. The smallest absolute Gasteiger partial charge is 0.258 e. The minimum absolute atomic E-state index is 0.0488. The lowest BCUT2D eigenvalue weighted by Gasteiger charge is -2.37. The van der Waals surface area contributed by atoms with Gasteiger partial charge in [-0.25, -0.2) is 4.39 Å². The van der Waals surface area contributed by atoms with E-state index in [9.17, 15) is 14.3 Å². The summed E-state index contributed by atoms with van der Waals surface area (Å²) in [4.78, 5) is 14.4. The summed E-state index contributed by atoms with van der Waals surface area (Å²) in [5.41, 5.74) is 0.107. The Hall–Kier alpha value is -0.940. The van der Waals surface area contributed by atoms with E-state index < -0.39 is 5.82 Å². The molecule has 2 atom stereocenters. The number of hydrogen-bond donors (Lipinski definition) is 1. The van der Waals surface area contributed by atoms with Gasteiger partial charge >= 0.3 is 0 Å². The lowest BCUT2D eigenvalue weighted by molar-refractivity contribution is 0.0283. The molecule has 19 heavy (non-hydrogen) atoms. The quantitative estimate of drug-likeness (QED) is 0.861. The second-order valence-corrected chi connectivity index (χ2v) is 6.17. The van der Waals surface area contributed by atoms with E-state index in [2.05, 4.69) is 15.9 Å². The predicted octanol–water partition coefficient (Wildman–Crippen LogP) is 2.72. The summed E-state index contributed by atoms with van der Waals surface area (Å²) in [7, 11) is 0. The molecule has 0 spiro atoms. The number of fused-ring (bicyclic) bond motifs is 2. The number of rotatable bonds is 1. The lowest BCUT2D eigenvalue weighted by Crippen LogP contribution is -2.48. The first-order valence-corrected chi connectivity index (χ1v) is 7.32. The van der Waals surface area contributed by atoms with Crippen molar-refractivity contribution in [1.29, 1.82) is 0 Å². The SMILES string of the molecule is O=C(c1c(F)cccc1Br)N1C2CCC1CC(O)C2.